The molecule has 3 aromatic heterocycles. The zero-order chi connectivity index (χ0) is 35.5. The smallest absolute Gasteiger partial charge is 0.119 e. The molecular weight excluding hydrogens is 631 g/mol. The Morgan fingerprint density at radius 3 is 0.941 bits per heavy atom. The maximum atomic E-state index is 5.92. The van der Waals surface area contributed by atoms with Crippen LogP contribution < -0.4 is 14.2 Å². The number of aromatic nitrogens is 3. The number of hydrogen-bond acceptors (Lipinski definition) is 3. The van der Waals surface area contributed by atoms with Crippen LogP contribution in [0.1, 0.15) is 97.8 Å². The maximum Gasteiger partial charge on any atom is 0.119 e. The predicted octanol–water partition coefficient (Wildman–Crippen LogP) is 12.8. The van der Waals surface area contributed by atoms with Crippen LogP contribution in [-0.2, 0) is 19.6 Å². The Kier molecular flexibility index (Phi) is 10.7. The summed E-state index contributed by atoms with van der Waals surface area (Å²) in [6.07, 6.45) is 14.6. The Balaban J connectivity index is 1.72. The Morgan fingerprint density at radius 2 is 0.686 bits per heavy atom. The van der Waals surface area contributed by atoms with Gasteiger partial charge in [0.05, 0.1) is 37.9 Å². The number of aryl methyl sites for hydroxylation is 3. The molecule has 3 heterocycles. The largest absolute Gasteiger partial charge is 0.497 e. The van der Waals surface area contributed by atoms with Crippen molar-refractivity contribution in [2.75, 3.05) is 21.3 Å². The van der Waals surface area contributed by atoms with Gasteiger partial charge in [-0.05, 0) is 73.9 Å². The second-order valence-corrected chi connectivity index (χ2v) is 14.5. The van der Waals surface area contributed by atoms with Crippen LogP contribution in [0.15, 0.2) is 54.6 Å². The molecule has 0 fully saturated rings. The second kappa shape index (κ2) is 15.5. The predicted molar refractivity (Wildman–Crippen MR) is 218 cm³/mol. The first-order chi connectivity index (χ1) is 25.1. The minimum absolute atomic E-state index is 0.896. The Bertz CT molecular complexity index is 2020. The lowest BCUT2D eigenvalue weighted by atomic mass is 10.0. The first kappa shape index (κ1) is 35.1. The number of fused-ring (bicyclic) bond motifs is 12. The SMILES string of the molecule is CCCCCCn1c2ccc(OC)cc2c2c1c1c3cc(OC)ccc3n(CCCCCC)c1c1c3cc(OC)ccc3n(CCCCCC)c21. The van der Waals surface area contributed by atoms with Gasteiger partial charge in [0, 0.05) is 68.5 Å². The molecule has 0 N–H and O–H groups in total. The van der Waals surface area contributed by atoms with E-state index in [1.165, 1.54) is 123 Å². The van der Waals surface area contributed by atoms with Crippen LogP contribution in [0.25, 0.3) is 65.4 Å². The van der Waals surface area contributed by atoms with Crippen LogP contribution in [0, 0.1) is 0 Å². The molecule has 51 heavy (non-hydrogen) atoms. The molecule has 0 spiro atoms. The first-order valence-electron chi connectivity index (χ1n) is 19.7. The van der Waals surface area contributed by atoms with E-state index in [9.17, 15) is 0 Å². The van der Waals surface area contributed by atoms with Gasteiger partial charge in [0.15, 0.2) is 0 Å². The van der Waals surface area contributed by atoms with E-state index in [4.69, 9.17) is 14.2 Å². The summed E-state index contributed by atoms with van der Waals surface area (Å²) in [7, 11) is 5.36. The first-order valence-corrected chi connectivity index (χ1v) is 19.7. The van der Waals surface area contributed by atoms with E-state index < -0.39 is 0 Å². The van der Waals surface area contributed by atoms with Crippen LogP contribution in [0.4, 0.5) is 0 Å². The van der Waals surface area contributed by atoms with Crippen LogP contribution in [0.3, 0.4) is 0 Å². The van der Waals surface area contributed by atoms with Crippen molar-refractivity contribution in [3.05, 3.63) is 54.6 Å². The Hall–Kier alpha value is -4.32. The molecule has 0 aliphatic rings. The minimum atomic E-state index is 0.896. The molecule has 7 aromatic rings. The zero-order valence-corrected chi connectivity index (χ0v) is 31.9. The van der Waals surface area contributed by atoms with Crippen molar-refractivity contribution in [1.29, 1.82) is 0 Å². The van der Waals surface area contributed by atoms with Crippen molar-refractivity contribution in [3.8, 4) is 17.2 Å². The van der Waals surface area contributed by atoms with Gasteiger partial charge < -0.3 is 27.9 Å². The fraction of sp³-hybridized carbons (Fsp3) is 0.467. The van der Waals surface area contributed by atoms with Gasteiger partial charge in [-0.1, -0.05) is 78.6 Å². The summed E-state index contributed by atoms with van der Waals surface area (Å²) in [6, 6.07) is 20.2. The topological polar surface area (TPSA) is 42.5 Å². The van der Waals surface area contributed by atoms with E-state index in [0.717, 1.165) is 56.1 Å². The average Bonchev–Trinajstić information content (AvgIpc) is 3.77. The van der Waals surface area contributed by atoms with E-state index >= 15 is 0 Å². The third-order valence-corrected chi connectivity index (χ3v) is 11.2. The van der Waals surface area contributed by atoms with Gasteiger partial charge in [0.25, 0.3) is 0 Å². The van der Waals surface area contributed by atoms with Gasteiger partial charge in [-0.15, -0.1) is 0 Å². The quantitative estimate of drug-likeness (QED) is 0.0843. The third-order valence-electron chi connectivity index (χ3n) is 11.2. The van der Waals surface area contributed by atoms with Gasteiger partial charge in [-0.25, -0.2) is 0 Å². The third kappa shape index (κ3) is 6.19. The molecule has 6 heteroatoms. The van der Waals surface area contributed by atoms with Crippen molar-refractivity contribution in [1.82, 2.24) is 13.7 Å². The molecule has 0 saturated carbocycles. The number of methoxy groups -OCH3 is 3. The van der Waals surface area contributed by atoms with Crippen LogP contribution in [0.2, 0.25) is 0 Å². The molecule has 0 saturated heterocycles. The van der Waals surface area contributed by atoms with Crippen LogP contribution in [-0.4, -0.2) is 35.0 Å². The van der Waals surface area contributed by atoms with E-state index in [2.05, 4.69) is 89.1 Å². The summed E-state index contributed by atoms with van der Waals surface area (Å²) in [4.78, 5) is 0. The summed E-state index contributed by atoms with van der Waals surface area (Å²) in [5.41, 5.74) is 7.86. The highest BCUT2D eigenvalue weighted by atomic mass is 16.5. The van der Waals surface area contributed by atoms with Gasteiger partial charge in [-0.3, -0.25) is 0 Å². The monoisotopic (exact) mass is 687 g/mol. The highest BCUT2D eigenvalue weighted by Crippen LogP contribution is 2.49. The van der Waals surface area contributed by atoms with Gasteiger partial charge in [0.1, 0.15) is 17.2 Å². The molecule has 7 rings (SSSR count). The maximum absolute atomic E-state index is 5.92. The molecule has 0 aliphatic carbocycles. The van der Waals surface area contributed by atoms with Crippen molar-refractivity contribution in [2.45, 2.75) is 117 Å². The second-order valence-electron chi connectivity index (χ2n) is 14.5. The van der Waals surface area contributed by atoms with Crippen LogP contribution >= 0.6 is 0 Å². The normalized spacial score (nSPS) is 12.1. The molecule has 0 radical (unpaired) electrons. The van der Waals surface area contributed by atoms with Gasteiger partial charge in [-0.2, -0.15) is 0 Å². The number of rotatable bonds is 18. The molecule has 0 aliphatic heterocycles. The number of ether oxygens (including phenoxy) is 3. The Morgan fingerprint density at radius 1 is 0.392 bits per heavy atom. The molecule has 270 valence electrons. The standard InChI is InChI=1S/C45H57N3O3/c1-7-10-13-16-25-46-37-22-19-31(49-4)28-34(37)40-43(46)41-35-29-32(50-5)20-23-38(35)47(26-17-14-11-8-2)45(41)42-36-30-33(51-6)21-24-39(36)48(44(40)42)27-18-15-12-9-3/h19-24,28-30H,7-18,25-27H2,1-6H3. The lowest BCUT2D eigenvalue weighted by Gasteiger charge is -2.13. The lowest BCUT2D eigenvalue weighted by molar-refractivity contribution is 0.415. The fourth-order valence-corrected chi connectivity index (χ4v) is 8.67. The van der Waals surface area contributed by atoms with E-state index in [0.29, 0.717) is 0 Å². The number of hydrogen-bond donors (Lipinski definition) is 0. The molecule has 0 unspecified atom stereocenters. The highest BCUT2D eigenvalue weighted by molar-refractivity contribution is 6.39. The fourth-order valence-electron chi connectivity index (χ4n) is 8.67. The highest BCUT2D eigenvalue weighted by Gasteiger charge is 2.28. The van der Waals surface area contributed by atoms with E-state index in [-0.39, 0.29) is 0 Å². The molecule has 0 amide bonds. The zero-order valence-electron chi connectivity index (χ0n) is 31.9. The van der Waals surface area contributed by atoms with E-state index in [1.54, 1.807) is 21.3 Å². The van der Waals surface area contributed by atoms with Gasteiger partial charge in [0.2, 0.25) is 0 Å². The Labute approximate surface area is 303 Å². The van der Waals surface area contributed by atoms with Crippen molar-refractivity contribution in [2.24, 2.45) is 0 Å². The molecular formula is C45H57N3O3. The number of unbranched alkanes of at least 4 members (excludes halogenated alkanes) is 9. The van der Waals surface area contributed by atoms with Crippen molar-refractivity contribution >= 4 is 65.4 Å². The van der Waals surface area contributed by atoms with Crippen LogP contribution in [0.5, 0.6) is 17.2 Å². The molecule has 4 aromatic carbocycles. The summed E-state index contributed by atoms with van der Waals surface area (Å²) in [5.74, 6) is 2.69. The van der Waals surface area contributed by atoms with Crippen molar-refractivity contribution < 1.29 is 14.2 Å². The summed E-state index contributed by atoms with van der Waals surface area (Å²) in [5, 5.41) is 7.80. The minimum Gasteiger partial charge on any atom is -0.497 e. The van der Waals surface area contributed by atoms with E-state index in [1.807, 2.05) is 0 Å². The number of benzene rings is 4. The summed E-state index contributed by atoms with van der Waals surface area (Å²) in [6.45, 7) is 9.82. The molecule has 0 atom stereocenters. The summed E-state index contributed by atoms with van der Waals surface area (Å²) < 4.78 is 25.7. The molecule has 6 nitrogen and oxygen atoms in total. The summed E-state index contributed by atoms with van der Waals surface area (Å²) >= 11 is 0. The van der Waals surface area contributed by atoms with Crippen molar-refractivity contribution in [3.63, 3.8) is 0 Å². The average molecular weight is 688 g/mol. The van der Waals surface area contributed by atoms with Gasteiger partial charge >= 0.3 is 0 Å². The lowest BCUT2D eigenvalue weighted by Crippen LogP contribution is -2.01. The molecule has 0 bridgehead atoms. The number of nitrogens with zero attached hydrogens (tertiary/aromatic N) is 3.